The molecule has 0 aromatic heterocycles. The maximum atomic E-state index is 13.6. The topological polar surface area (TPSA) is 83.5 Å². The van der Waals surface area contributed by atoms with E-state index >= 15 is 0 Å². The molecule has 21 heavy (non-hydrogen) atoms. The minimum Gasteiger partial charge on any atom is -0.478 e. The van der Waals surface area contributed by atoms with Crippen LogP contribution in [0.3, 0.4) is 0 Å². The quantitative estimate of drug-likeness (QED) is 0.903. The molecule has 0 radical (unpaired) electrons. The van der Waals surface area contributed by atoms with Gasteiger partial charge in [-0.05, 0) is 36.4 Å². The average Bonchev–Trinajstić information content (AvgIpc) is 2.41. The van der Waals surface area contributed by atoms with Crippen molar-refractivity contribution < 1.29 is 22.7 Å². The van der Waals surface area contributed by atoms with Crippen molar-refractivity contribution in [3.05, 3.63) is 58.9 Å². The van der Waals surface area contributed by atoms with Crippen molar-refractivity contribution in [2.45, 2.75) is 4.90 Å². The predicted octanol–water partition coefficient (Wildman–Crippen LogP) is 2.98. The number of aromatic carboxylic acids is 1. The molecular formula is C13H9ClFNO4S. The summed E-state index contributed by atoms with van der Waals surface area (Å²) in [6, 6.07) is 8.22. The molecule has 0 saturated carbocycles. The van der Waals surface area contributed by atoms with Crippen LogP contribution >= 0.6 is 11.6 Å². The molecule has 0 atom stereocenters. The fourth-order valence-electron chi connectivity index (χ4n) is 1.57. The van der Waals surface area contributed by atoms with Gasteiger partial charge in [-0.25, -0.2) is 17.6 Å². The predicted molar refractivity (Wildman–Crippen MR) is 75.6 cm³/mol. The molecule has 2 aromatic rings. The van der Waals surface area contributed by atoms with E-state index in [9.17, 15) is 17.6 Å². The molecule has 110 valence electrons. The number of sulfonamides is 1. The van der Waals surface area contributed by atoms with Crippen LogP contribution in [-0.2, 0) is 10.0 Å². The van der Waals surface area contributed by atoms with Gasteiger partial charge in [-0.15, -0.1) is 0 Å². The molecule has 0 aliphatic heterocycles. The van der Waals surface area contributed by atoms with E-state index in [2.05, 4.69) is 0 Å². The lowest BCUT2D eigenvalue weighted by molar-refractivity contribution is 0.0697. The van der Waals surface area contributed by atoms with E-state index in [1.165, 1.54) is 24.3 Å². The summed E-state index contributed by atoms with van der Waals surface area (Å²) < 4.78 is 39.8. The van der Waals surface area contributed by atoms with Crippen LogP contribution < -0.4 is 4.72 Å². The smallest absolute Gasteiger partial charge is 0.335 e. The van der Waals surface area contributed by atoms with E-state index in [-0.39, 0.29) is 15.5 Å². The summed E-state index contributed by atoms with van der Waals surface area (Å²) in [4.78, 5) is 10.7. The fourth-order valence-corrected chi connectivity index (χ4v) is 2.93. The minimum absolute atomic E-state index is 0.157. The van der Waals surface area contributed by atoms with Crippen molar-refractivity contribution in [1.29, 1.82) is 0 Å². The molecule has 0 unspecified atom stereocenters. The highest BCUT2D eigenvalue weighted by atomic mass is 35.5. The zero-order valence-corrected chi connectivity index (χ0v) is 12.0. The van der Waals surface area contributed by atoms with Gasteiger partial charge in [0.25, 0.3) is 10.0 Å². The third-order valence-electron chi connectivity index (χ3n) is 2.56. The summed E-state index contributed by atoms with van der Waals surface area (Å²) in [5.74, 6) is -2.18. The van der Waals surface area contributed by atoms with E-state index in [0.29, 0.717) is 0 Å². The Morgan fingerprint density at radius 3 is 2.52 bits per heavy atom. The highest BCUT2D eigenvalue weighted by Crippen LogP contribution is 2.22. The Hall–Kier alpha value is -2.12. The molecule has 2 N–H and O–H groups in total. The van der Waals surface area contributed by atoms with Gasteiger partial charge in [-0.2, -0.15) is 0 Å². The van der Waals surface area contributed by atoms with Crippen LogP contribution in [0.5, 0.6) is 0 Å². The minimum atomic E-state index is -4.07. The highest BCUT2D eigenvalue weighted by Gasteiger charge is 2.18. The SMILES string of the molecule is O=C(O)c1ccc(F)c(NS(=O)(=O)c2cccc(Cl)c2)c1. The number of nitrogens with one attached hydrogen (secondary N) is 1. The van der Waals surface area contributed by atoms with E-state index in [1.807, 2.05) is 4.72 Å². The van der Waals surface area contributed by atoms with Gasteiger partial charge in [0.15, 0.2) is 0 Å². The Labute approximate surface area is 125 Å². The monoisotopic (exact) mass is 329 g/mol. The van der Waals surface area contributed by atoms with Crippen molar-refractivity contribution in [2.24, 2.45) is 0 Å². The van der Waals surface area contributed by atoms with Crippen LogP contribution in [0.2, 0.25) is 5.02 Å². The summed E-state index contributed by atoms with van der Waals surface area (Å²) >= 11 is 5.71. The first-order chi connectivity index (χ1) is 9.79. The van der Waals surface area contributed by atoms with Gasteiger partial charge in [0.05, 0.1) is 16.1 Å². The van der Waals surface area contributed by atoms with E-state index in [1.54, 1.807) is 0 Å². The molecule has 0 amide bonds. The number of hydrogen-bond acceptors (Lipinski definition) is 3. The second-order valence-electron chi connectivity index (χ2n) is 4.06. The second-order valence-corrected chi connectivity index (χ2v) is 6.18. The Morgan fingerprint density at radius 1 is 1.19 bits per heavy atom. The normalized spacial score (nSPS) is 11.1. The number of carbonyl (C=O) groups is 1. The highest BCUT2D eigenvalue weighted by molar-refractivity contribution is 7.92. The average molecular weight is 330 g/mol. The number of halogens is 2. The number of rotatable bonds is 4. The molecule has 0 bridgehead atoms. The van der Waals surface area contributed by atoms with Gasteiger partial charge in [0, 0.05) is 5.02 Å². The molecule has 0 spiro atoms. The molecule has 5 nitrogen and oxygen atoms in total. The summed E-state index contributed by atoms with van der Waals surface area (Å²) in [7, 11) is -4.07. The largest absolute Gasteiger partial charge is 0.478 e. The van der Waals surface area contributed by atoms with Gasteiger partial charge in [0.2, 0.25) is 0 Å². The Kier molecular flexibility index (Phi) is 4.15. The van der Waals surface area contributed by atoms with Gasteiger partial charge >= 0.3 is 5.97 Å². The summed E-state index contributed by atoms with van der Waals surface area (Å²) in [5.41, 5.74) is -0.685. The van der Waals surface area contributed by atoms with Crippen LogP contribution in [0, 0.1) is 5.82 Å². The molecule has 0 saturated heterocycles. The Bertz CT molecular complexity index is 808. The van der Waals surface area contributed by atoms with Crippen molar-refractivity contribution in [3.63, 3.8) is 0 Å². The number of hydrogen-bond donors (Lipinski definition) is 2. The van der Waals surface area contributed by atoms with Gasteiger partial charge in [0.1, 0.15) is 5.82 Å². The van der Waals surface area contributed by atoms with E-state index < -0.39 is 27.5 Å². The van der Waals surface area contributed by atoms with Gasteiger partial charge in [-0.1, -0.05) is 17.7 Å². The third kappa shape index (κ3) is 3.50. The van der Waals surface area contributed by atoms with Crippen molar-refractivity contribution >= 4 is 33.3 Å². The van der Waals surface area contributed by atoms with Crippen LogP contribution in [0.1, 0.15) is 10.4 Å². The molecule has 2 aromatic carbocycles. The lowest BCUT2D eigenvalue weighted by Crippen LogP contribution is -2.14. The first-order valence-electron chi connectivity index (χ1n) is 5.61. The van der Waals surface area contributed by atoms with Gasteiger partial charge in [-0.3, -0.25) is 4.72 Å². The molecule has 0 aliphatic carbocycles. The first-order valence-corrected chi connectivity index (χ1v) is 7.47. The number of carboxylic acid groups (broad SMARTS) is 1. The first kappa shape index (κ1) is 15.3. The van der Waals surface area contributed by atoms with E-state index in [0.717, 1.165) is 18.2 Å². The van der Waals surface area contributed by atoms with Crippen LogP contribution in [0.4, 0.5) is 10.1 Å². The Balaban J connectivity index is 2.41. The second kappa shape index (κ2) is 5.71. The summed E-state index contributed by atoms with van der Waals surface area (Å²) in [5, 5.41) is 9.04. The summed E-state index contributed by atoms with van der Waals surface area (Å²) in [6.07, 6.45) is 0. The zero-order valence-electron chi connectivity index (χ0n) is 10.4. The summed E-state index contributed by atoms with van der Waals surface area (Å²) in [6.45, 7) is 0. The molecule has 0 heterocycles. The number of carboxylic acids is 1. The Morgan fingerprint density at radius 2 is 1.90 bits per heavy atom. The van der Waals surface area contributed by atoms with Crippen LogP contribution in [0.25, 0.3) is 0 Å². The van der Waals surface area contributed by atoms with Crippen LogP contribution in [-0.4, -0.2) is 19.5 Å². The molecule has 0 aliphatic rings. The van der Waals surface area contributed by atoms with Gasteiger partial charge < -0.3 is 5.11 Å². The molecular weight excluding hydrogens is 321 g/mol. The van der Waals surface area contributed by atoms with E-state index in [4.69, 9.17) is 16.7 Å². The maximum Gasteiger partial charge on any atom is 0.335 e. The van der Waals surface area contributed by atoms with Crippen molar-refractivity contribution in [2.75, 3.05) is 4.72 Å². The molecule has 8 heteroatoms. The molecule has 0 fully saturated rings. The van der Waals surface area contributed by atoms with Crippen molar-refractivity contribution in [1.82, 2.24) is 0 Å². The number of benzene rings is 2. The van der Waals surface area contributed by atoms with Crippen molar-refractivity contribution in [3.8, 4) is 0 Å². The number of anilines is 1. The zero-order chi connectivity index (χ0) is 15.6. The maximum absolute atomic E-state index is 13.6. The fraction of sp³-hybridized carbons (Fsp3) is 0. The lowest BCUT2D eigenvalue weighted by atomic mass is 10.2. The third-order valence-corrected chi connectivity index (χ3v) is 4.16. The molecule has 2 rings (SSSR count). The standard InChI is InChI=1S/C13H9ClFNO4S/c14-9-2-1-3-10(7-9)21(19,20)16-12-6-8(13(17)18)4-5-11(12)15/h1-7,16H,(H,17,18). The van der Waals surface area contributed by atoms with Crippen LogP contribution in [0.15, 0.2) is 47.4 Å². The lowest BCUT2D eigenvalue weighted by Gasteiger charge is -2.10.